The van der Waals surface area contributed by atoms with Gasteiger partial charge in [-0.05, 0) is 23.1 Å². The smallest absolute Gasteiger partial charge is 0.347 e. The fourth-order valence-corrected chi connectivity index (χ4v) is 9.02. The number of anilines is 2. The lowest BCUT2D eigenvalue weighted by Gasteiger charge is -2.47. The van der Waals surface area contributed by atoms with Crippen molar-refractivity contribution < 1.29 is 43.6 Å². The molecule has 0 bridgehead atoms. The first-order valence-corrected chi connectivity index (χ1v) is 18.9. The van der Waals surface area contributed by atoms with Crippen LogP contribution in [-0.2, 0) is 35.9 Å². The zero-order chi connectivity index (χ0) is 36.6. The highest BCUT2D eigenvalue weighted by molar-refractivity contribution is 8.01. The number of fused-ring (bicyclic) bond motifs is 3. The minimum atomic E-state index is -1.30. The van der Waals surface area contributed by atoms with Crippen LogP contribution in [0.1, 0.15) is 19.0 Å². The zero-order valence-electron chi connectivity index (χ0n) is 26.7. The molecule has 23 heteroatoms. The van der Waals surface area contributed by atoms with Crippen LogP contribution in [0.15, 0.2) is 51.6 Å². The van der Waals surface area contributed by atoms with E-state index in [0.717, 1.165) is 22.6 Å². The standard InChI is InChI=1S/C21H22N10O5S3.C7H7NO3S/c1-9(19(34)35)36-28-14(11-7-38-20(23)25-11)16(32)27-15-17(33)30-4-10(5-37-18(15)30)6-39-21-26-12(22)3-13-29(2)8-24-31(13)21;9-5-3-6-8(5)4(7(10)11)1-2-12-6/h3-4,7-9,15,18,22H,5-6H2,1-2H3,(H4,23,25,27,32,34,35);1,6H,2-3H2,(H,10,11)/b28-14-;/t9-,15?,18-;6-/m11/s1. The summed E-state index contributed by atoms with van der Waals surface area (Å²) in [7, 11) is 1.87. The number of rotatable bonds is 10. The molecule has 3 aromatic rings. The van der Waals surface area contributed by atoms with Gasteiger partial charge >= 0.3 is 5.97 Å². The Labute approximate surface area is 305 Å². The maximum absolute atomic E-state index is 13.0. The molecule has 2 saturated heterocycles. The lowest BCUT2D eigenvalue weighted by atomic mass is 10.1. The van der Waals surface area contributed by atoms with Gasteiger partial charge in [0.25, 0.3) is 28.9 Å². The van der Waals surface area contributed by atoms with Crippen molar-refractivity contribution in [3.05, 3.63) is 47.0 Å². The second kappa shape index (κ2) is 14.8. The molecule has 4 atom stereocenters. The summed E-state index contributed by atoms with van der Waals surface area (Å²) < 4.78 is 3.55. The third-order valence-electron chi connectivity index (χ3n) is 7.69. The summed E-state index contributed by atoms with van der Waals surface area (Å²) in [6.45, 7) is 1.27. The van der Waals surface area contributed by atoms with Gasteiger partial charge in [-0.1, -0.05) is 16.9 Å². The summed E-state index contributed by atoms with van der Waals surface area (Å²) in [6, 6.07) is 0.938. The predicted octanol–water partition coefficient (Wildman–Crippen LogP) is -1.63. The molecule has 6 N–H and O–H groups in total. The molecule has 0 saturated carbocycles. The third kappa shape index (κ3) is 7.45. The van der Waals surface area contributed by atoms with Crippen LogP contribution in [0.4, 0.5) is 10.9 Å². The molecule has 268 valence electrons. The number of carboxylic acid groups (broad SMARTS) is 2. The number of carbonyl (C=O) groups is 5. The molecule has 3 aromatic heterocycles. The number of carboxylic acids is 2. The Bertz CT molecular complexity index is 2030. The summed E-state index contributed by atoms with van der Waals surface area (Å²) in [4.78, 5) is 74.7. The fourth-order valence-electron chi connectivity index (χ4n) is 5.03. The highest BCUT2D eigenvalue weighted by atomic mass is 32.2. The molecule has 0 radical (unpaired) electrons. The van der Waals surface area contributed by atoms with Gasteiger partial charge in [0, 0.05) is 33.9 Å². The number of hydrogen-bond donors (Lipinski definition) is 4. The number of nitrogen functional groups attached to an aromatic ring is 2. The van der Waals surface area contributed by atoms with Gasteiger partial charge in [0.05, 0.1) is 36.6 Å². The second-order valence-electron chi connectivity index (χ2n) is 11.2. The van der Waals surface area contributed by atoms with Crippen LogP contribution in [0.2, 0.25) is 0 Å². The molecule has 7 rings (SSSR count). The van der Waals surface area contributed by atoms with E-state index in [-0.39, 0.29) is 44.8 Å². The van der Waals surface area contributed by atoms with E-state index in [1.807, 2.05) is 11.6 Å². The first-order valence-electron chi connectivity index (χ1n) is 14.9. The maximum Gasteiger partial charge on any atom is 0.347 e. The molecule has 51 heavy (non-hydrogen) atoms. The number of oxime groups is 1. The first kappa shape index (κ1) is 35.9. The topological polar surface area (TPSA) is 268 Å². The summed E-state index contributed by atoms with van der Waals surface area (Å²) in [6.07, 6.45) is 4.14. The lowest BCUT2D eigenvalue weighted by Crippen LogP contribution is -2.69. The van der Waals surface area contributed by atoms with E-state index in [0.29, 0.717) is 34.7 Å². The van der Waals surface area contributed by atoms with Crippen LogP contribution in [0.5, 0.6) is 0 Å². The molecular weight excluding hydrogens is 747 g/mol. The minimum absolute atomic E-state index is 0.0370. The van der Waals surface area contributed by atoms with E-state index in [2.05, 4.69) is 25.5 Å². The Balaban J connectivity index is 0.000000313. The number of nitrogens with zero attached hydrogens (tertiary/aromatic N) is 8. The summed E-state index contributed by atoms with van der Waals surface area (Å²) in [5.41, 5.74) is 13.3. The largest absolute Gasteiger partial charge is 0.543 e. The maximum atomic E-state index is 13.0. The van der Waals surface area contributed by atoms with Gasteiger partial charge in [0.1, 0.15) is 22.9 Å². The van der Waals surface area contributed by atoms with Crippen LogP contribution in [0.3, 0.4) is 0 Å². The molecule has 1 unspecified atom stereocenters. The van der Waals surface area contributed by atoms with Crippen molar-refractivity contribution in [1.82, 2.24) is 34.7 Å². The number of aryl methyl sites for hydroxylation is 1. The number of nitrogens with one attached hydrogen (secondary N) is 1. The van der Waals surface area contributed by atoms with E-state index < -0.39 is 30.0 Å². The number of aromatic nitrogens is 5. The SMILES string of the molecule is C[C@@H](O/N=C(\C(=O)NC1C(=O)N2C=C(CSc3nc(N)cc4n3nc[n+]4C)CS[C@H]12)c1csc(N)n1)C(=O)O.O=C([O-])C1=CCS[C@@H]2CC(=O)N12. The number of carbonyl (C=O) groups excluding carboxylic acids is 4. The number of β-lactam (4-membered cyclic amide) rings is 2. The first-order chi connectivity index (χ1) is 24.3. The Hall–Kier alpha value is -4.87. The van der Waals surface area contributed by atoms with E-state index in [9.17, 15) is 29.1 Å². The fraction of sp³-hybridized carbons (Fsp3) is 0.357. The number of thioether (sulfide) groups is 3. The quantitative estimate of drug-likeness (QED) is 0.0450. The van der Waals surface area contributed by atoms with Crippen molar-refractivity contribution >= 4 is 98.6 Å². The minimum Gasteiger partial charge on any atom is -0.543 e. The highest BCUT2D eigenvalue weighted by Crippen LogP contribution is 2.38. The highest BCUT2D eigenvalue weighted by Gasteiger charge is 2.50. The average Bonchev–Trinajstić information content (AvgIpc) is 3.70. The van der Waals surface area contributed by atoms with Crippen molar-refractivity contribution in [3.63, 3.8) is 0 Å². The van der Waals surface area contributed by atoms with Gasteiger partial charge < -0.3 is 41.5 Å². The van der Waals surface area contributed by atoms with Crippen LogP contribution in [0, 0.1) is 0 Å². The number of hydrogen-bond acceptors (Lipinski definition) is 17. The lowest BCUT2D eigenvalue weighted by molar-refractivity contribution is -0.646. The van der Waals surface area contributed by atoms with Crippen LogP contribution in [-0.4, -0.2) is 110 Å². The van der Waals surface area contributed by atoms with Gasteiger partial charge in [-0.25, -0.2) is 14.3 Å². The van der Waals surface area contributed by atoms with E-state index in [1.54, 1.807) is 39.8 Å². The number of aliphatic carboxylic acids is 2. The molecular formula is C28H29N11O8S4. The molecule has 7 heterocycles. The predicted molar refractivity (Wildman–Crippen MR) is 184 cm³/mol. The van der Waals surface area contributed by atoms with E-state index in [1.165, 1.54) is 46.8 Å². The monoisotopic (exact) mass is 775 g/mol. The Morgan fingerprint density at radius 3 is 2.73 bits per heavy atom. The van der Waals surface area contributed by atoms with Crippen molar-refractivity contribution in [2.24, 2.45) is 12.2 Å². The molecule has 3 amide bonds. The Kier molecular flexibility index (Phi) is 10.4. The Morgan fingerprint density at radius 1 is 1.27 bits per heavy atom. The van der Waals surface area contributed by atoms with Crippen molar-refractivity contribution in [2.75, 3.05) is 28.7 Å². The van der Waals surface area contributed by atoms with Crippen molar-refractivity contribution in [1.29, 1.82) is 0 Å². The van der Waals surface area contributed by atoms with Gasteiger partial charge in [-0.2, -0.15) is 4.98 Å². The summed E-state index contributed by atoms with van der Waals surface area (Å²) in [5.74, 6) is -1.42. The Morgan fingerprint density at radius 2 is 2.06 bits per heavy atom. The summed E-state index contributed by atoms with van der Waals surface area (Å²) in [5, 5.41) is 32.3. The normalized spacial score (nSPS) is 21.5. The van der Waals surface area contributed by atoms with Crippen molar-refractivity contribution in [2.45, 2.75) is 41.4 Å². The molecule has 4 aliphatic rings. The van der Waals surface area contributed by atoms with Crippen LogP contribution in [0.25, 0.3) is 5.65 Å². The number of nitrogens with two attached hydrogens (primary N) is 2. The van der Waals surface area contributed by atoms with Gasteiger partial charge in [0.2, 0.25) is 12.0 Å². The molecule has 0 aromatic carbocycles. The van der Waals surface area contributed by atoms with Gasteiger partial charge in [-0.3, -0.25) is 19.3 Å². The molecule has 4 aliphatic heterocycles. The van der Waals surface area contributed by atoms with Crippen molar-refractivity contribution in [3.8, 4) is 0 Å². The molecule has 0 aliphatic carbocycles. The average molecular weight is 776 g/mol. The molecule has 2 fully saturated rings. The summed E-state index contributed by atoms with van der Waals surface area (Å²) >= 11 is 5.62. The van der Waals surface area contributed by atoms with Crippen LogP contribution >= 0.6 is 46.6 Å². The molecule has 0 spiro atoms. The van der Waals surface area contributed by atoms with Crippen LogP contribution < -0.4 is 26.5 Å². The molecule has 19 nitrogen and oxygen atoms in total. The van der Waals surface area contributed by atoms with E-state index in [4.69, 9.17) is 21.4 Å². The second-order valence-corrected chi connectivity index (χ2v) is 15.3. The number of thiazole rings is 1. The van der Waals surface area contributed by atoms with Gasteiger partial charge in [0.15, 0.2) is 10.8 Å². The third-order valence-corrected chi connectivity index (χ3v) is 11.9. The van der Waals surface area contributed by atoms with E-state index >= 15 is 0 Å². The number of amides is 3. The van der Waals surface area contributed by atoms with Gasteiger partial charge in [-0.15, -0.1) is 34.9 Å². The zero-order valence-corrected chi connectivity index (χ0v) is 30.0.